The minimum atomic E-state index is -0.664. The van der Waals surface area contributed by atoms with Gasteiger partial charge in [-0.3, -0.25) is 19.2 Å². The second kappa shape index (κ2) is 12.1. The van der Waals surface area contributed by atoms with Gasteiger partial charge in [-0.25, -0.2) is 0 Å². The summed E-state index contributed by atoms with van der Waals surface area (Å²) in [5, 5.41) is 5.24. The van der Waals surface area contributed by atoms with Gasteiger partial charge in [0.2, 0.25) is 23.6 Å². The number of rotatable bonds is 11. The molecule has 8 heteroatoms. The van der Waals surface area contributed by atoms with Crippen molar-refractivity contribution >= 4 is 23.6 Å². The first-order chi connectivity index (χ1) is 10.4. The van der Waals surface area contributed by atoms with Gasteiger partial charge in [-0.05, 0) is 12.8 Å². The zero-order valence-corrected chi connectivity index (χ0v) is 12.3. The van der Waals surface area contributed by atoms with E-state index < -0.39 is 11.8 Å². The Morgan fingerprint density at radius 1 is 0.636 bits per heavy atom. The van der Waals surface area contributed by atoms with Gasteiger partial charge < -0.3 is 22.1 Å². The second-order valence-electron chi connectivity index (χ2n) is 4.47. The molecular formula is C14H22N4O4. The van der Waals surface area contributed by atoms with Crippen LogP contribution in [-0.2, 0) is 19.2 Å². The molecular weight excluding hydrogens is 288 g/mol. The van der Waals surface area contributed by atoms with Gasteiger partial charge in [-0.2, -0.15) is 0 Å². The van der Waals surface area contributed by atoms with E-state index in [0.717, 1.165) is 50.0 Å². The number of hydrogen-bond acceptors (Lipinski definition) is 4. The summed E-state index contributed by atoms with van der Waals surface area (Å²) in [7, 11) is 0. The van der Waals surface area contributed by atoms with E-state index in [0.29, 0.717) is 13.1 Å². The highest BCUT2D eigenvalue weighted by Crippen LogP contribution is 1.97. The van der Waals surface area contributed by atoms with Gasteiger partial charge >= 0.3 is 0 Å². The Balaban J connectivity index is 3.47. The van der Waals surface area contributed by atoms with E-state index in [1.165, 1.54) is 0 Å². The summed E-state index contributed by atoms with van der Waals surface area (Å²) >= 11 is 0. The van der Waals surface area contributed by atoms with Crippen LogP contribution in [0.2, 0.25) is 0 Å². The Kier molecular flexibility index (Phi) is 10.7. The minimum absolute atomic E-state index is 0.354. The highest BCUT2D eigenvalue weighted by atomic mass is 16.2. The molecule has 0 heterocycles. The third-order valence-electron chi connectivity index (χ3n) is 2.50. The Morgan fingerprint density at radius 2 is 1.00 bits per heavy atom. The van der Waals surface area contributed by atoms with Gasteiger partial charge in [0.25, 0.3) is 0 Å². The fourth-order valence-electron chi connectivity index (χ4n) is 1.46. The zero-order chi connectivity index (χ0) is 16.8. The maximum atomic E-state index is 11.2. The van der Waals surface area contributed by atoms with E-state index in [-0.39, 0.29) is 11.8 Å². The van der Waals surface area contributed by atoms with E-state index in [1.807, 2.05) is 0 Å². The van der Waals surface area contributed by atoms with E-state index >= 15 is 0 Å². The van der Waals surface area contributed by atoms with Crippen LogP contribution in [-0.4, -0.2) is 36.7 Å². The van der Waals surface area contributed by atoms with Crippen molar-refractivity contribution in [3.63, 3.8) is 0 Å². The van der Waals surface area contributed by atoms with Crippen LogP contribution in [0.4, 0.5) is 0 Å². The lowest BCUT2D eigenvalue weighted by molar-refractivity contribution is -0.117. The normalized spacial score (nSPS) is 10.7. The molecule has 0 aromatic heterocycles. The number of unbranched alkanes of at least 4 members (excludes halogenated alkanes) is 3. The maximum Gasteiger partial charge on any atom is 0.244 e. The standard InChI is InChI=1S/C14H22N4O4/c15-11(19)5-7-13(21)17-9-3-1-2-4-10-18-14(22)8-6-12(16)20/h5-8H,1-4,9-10H2,(H2,15,19)(H2,16,20)(H,17,21)(H,18,22)/b7-5-,8-6-. The van der Waals surface area contributed by atoms with Gasteiger partial charge in [0.1, 0.15) is 0 Å². The molecule has 0 aromatic rings. The molecule has 4 amide bonds. The third-order valence-corrected chi connectivity index (χ3v) is 2.50. The van der Waals surface area contributed by atoms with Crippen molar-refractivity contribution in [2.75, 3.05) is 13.1 Å². The maximum absolute atomic E-state index is 11.2. The van der Waals surface area contributed by atoms with Crippen LogP contribution in [0.3, 0.4) is 0 Å². The molecule has 0 saturated carbocycles. The third kappa shape index (κ3) is 13.8. The molecule has 0 aliphatic carbocycles. The summed E-state index contributed by atoms with van der Waals surface area (Å²) in [5.74, 6) is -2.04. The van der Waals surface area contributed by atoms with Crippen LogP contribution in [0.1, 0.15) is 25.7 Å². The Hall–Kier alpha value is -2.64. The molecule has 0 saturated heterocycles. The Morgan fingerprint density at radius 3 is 1.32 bits per heavy atom. The van der Waals surface area contributed by atoms with Crippen LogP contribution in [0.5, 0.6) is 0 Å². The SMILES string of the molecule is NC(=O)/C=C\C(=O)NCCCCCCNC(=O)/C=C\C(N)=O. The van der Waals surface area contributed by atoms with Gasteiger partial charge in [-0.15, -0.1) is 0 Å². The van der Waals surface area contributed by atoms with Gasteiger partial charge in [0.05, 0.1) is 0 Å². The van der Waals surface area contributed by atoms with E-state index in [4.69, 9.17) is 11.5 Å². The fourth-order valence-corrected chi connectivity index (χ4v) is 1.46. The van der Waals surface area contributed by atoms with Crippen LogP contribution < -0.4 is 22.1 Å². The van der Waals surface area contributed by atoms with Crippen molar-refractivity contribution in [1.82, 2.24) is 10.6 Å². The van der Waals surface area contributed by atoms with Crippen molar-refractivity contribution in [1.29, 1.82) is 0 Å². The van der Waals surface area contributed by atoms with Crippen molar-refractivity contribution in [2.24, 2.45) is 11.5 Å². The molecule has 6 N–H and O–H groups in total. The largest absolute Gasteiger partial charge is 0.366 e. The van der Waals surface area contributed by atoms with Crippen molar-refractivity contribution in [3.05, 3.63) is 24.3 Å². The average molecular weight is 310 g/mol. The highest BCUT2D eigenvalue weighted by molar-refractivity contribution is 5.96. The van der Waals surface area contributed by atoms with Crippen LogP contribution in [0, 0.1) is 0 Å². The lowest BCUT2D eigenvalue weighted by Crippen LogP contribution is -2.23. The smallest absolute Gasteiger partial charge is 0.244 e. The van der Waals surface area contributed by atoms with Crippen molar-refractivity contribution in [3.8, 4) is 0 Å². The number of amides is 4. The first kappa shape index (κ1) is 19.4. The highest BCUT2D eigenvalue weighted by Gasteiger charge is 1.97. The van der Waals surface area contributed by atoms with Gasteiger partial charge in [0, 0.05) is 37.4 Å². The topological polar surface area (TPSA) is 144 Å². The van der Waals surface area contributed by atoms with Crippen LogP contribution in [0.15, 0.2) is 24.3 Å². The molecule has 0 aliphatic rings. The summed E-state index contributed by atoms with van der Waals surface area (Å²) in [4.78, 5) is 43.2. The van der Waals surface area contributed by atoms with Crippen LogP contribution >= 0.6 is 0 Å². The van der Waals surface area contributed by atoms with Gasteiger partial charge in [0.15, 0.2) is 0 Å². The number of carbonyl (C=O) groups is 4. The lowest BCUT2D eigenvalue weighted by atomic mass is 10.2. The number of hydrogen-bond donors (Lipinski definition) is 4. The number of carbonyl (C=O) groups excluding carboxylic acids is 4. The van der Waals surface area contributed by atoms with Gasteiger partial charge in [-0.1, -0.05) is 12.8 Å². The Labute approximate surface area is 129 Å². The summed E-state index contributed by atoms with van der Waals surface area (Å²) < 4.78 is 0. The Bertz CT molecular complexity index is 416. The van der Waals surface area contributed by atoms with E-state index in [2.05, 4.69) is 10.6 Å². The molecule has 0 unspecified atom stereocenters. The molecule has 0 bridgehead atoms. The average Bonchev–Trinajstić information content (AvgIpc) is 2.45. The lowest BCUT2D eigenvalue weighted by Gasteiger charge is -2.03. The predicted octanol–water partition coefficient (Wildman–Crippen LogP) is -1.14. The molecule has 0 aromatic carbocycles. The minimum Gasteiger partial charge on any atom is -0.366 e. The number of nitrogens with one attached hydrogen (secondary N) is 2. The molecule has 22 heavy (non-hydrogen) atoms. The zero-order valence-electron chi connectivity index (χ0n) is 12.3. The summed E-state index contributed by atoms with van der Waals surface area (Å²) in [6.07, 6.45) is 7.58. The first-order valence-electron chi connectivity index (χ1n) is 6.92. The monoisotopic (exact) mass is 310 g/mol. The first-order valence-corrected chi connectivity index (χ1v) is 6.92. The van der Waals surface area contributed by atoms with E-state index in [9.17, 15) is 19.2 Å². The van der Waals surface area contributed by atoms with Crippen LogP contribution in [0.25, 0.3) is 0 Å². The predicted molar refractivity (Wildman–Crippen MR) is 81.2 cm³/mol. The summed E-state index contributed by atoms with van der Waals surface area (Å²) in [6.45, 7) is 1.02. The quantitative estimate of drug-likeness (QED) is 0.282. The molecule has 0 radical (unpaired) electrons. The molecule has 0 rings (SSSR count). The molecule has 8 nitrogen and oxygen atoms in total. The van der Waals surface area contributed by atoms with E-state index in [1.54, 1.807) is 0 Å². The fraction of sp³-hybridized carbons (Fsp3) is 0.429. The summed E-state index contributed by atoms with van der Waals surface area (Å²) in [5.41, 5.74) is 9.71. The van der Waals surface area contributed by atoms with Crippen molar-refractivity contribution < 1.29 is 19.2 Å². The molecule has 122 valence electrons. The molecule has 0 atom stereocenters. The molecule has 0 spiro atoms. The molecule has 0 aliphatic heterocycles. The molecule has 0 fully saturated rings. The second-order valence-corrected chi connectivity index (χ2v) is 4.47. The summed E-state index contributed by atoms with van der Waals surface area (Å²) in [6, 6.07) is 0. The van der Waals surface area contributed by atoms with Crippen molar-refractivity contribution in [2.45, 2.75) is 25.7 Å². The number of primary amides is 2. The number of nitrogens with two attached hydrogens (primary N) is 2.